The maximum absolute atomic E-state index is 10.1. The summed E-state index contributed by atoms with van der Waals surface area (Å²) in [6.07, 6.45) is 2.73. The highest BCUT2D eigenvalue weighted by Crippen LogP contribution is 2.21. The van der Waals surface area contributed by atoms with E-state index in [0.717, 1.165) is 19.3 Å². The normalized spacial score (nSPS) is 10.9. The average molecular weight is 198 g/mol. The Morgan fingerprint density at radius 1 is 1.50 bits per heavy atom. The third-order valence-electron chi connectivity index (χ3n) is 1.98. The molecule has 0 aliphatic rings. The number of nitrogens with one attached hydrogen (secondary N) is 1. The Balaban J connectivity index is 3.31. The molecule has 0 spiro atoms. The summed E-state index contributed by atoms with van der Waals surface area (Å²) in [5, 5.41) is 19.9. The van der Waals surface area contributed by atoms with Gasteiger partial charge in [-0.2, -0.15) is 5.26 Å². The highest BCUT2D eigenvalue weighted by atomic mass is 16.4. The fourth-order valence-corrected chi connectivity index (χ4v) is 1.07. The Labute approximate surface area is 84.9 Å². The summed E-state index contributed by atoms with van der Waals surface area (Å²) < 4.78 is 0. The van der Waals surface area contributed by atoms with Crippen molar-refractivity contribution < 1.29 is 9.90 Å². The number of nitriles is 1. The second-order valence-corrected chi connectivity index (χ2v) is 4.02. The maximum Gasteiger partial charge on any atom is 0.317 e. The first-order valence-corrected chi connectivity index (χ1v) is 4.82. The van der Waals surface area contributed by atoms with Crippen LogP contribution in [0.1, 0.15) is 33.1 Å². The van der Waals surface area contributed by atoms with E-state index in [1.165, 1.54) is 0 Å². The summed E-state index contributed by atoms with van der Waals surface area (Å²) in [6.45, 7) is 4.55. The van der Waals surface area contributed by atoms with E-state index in [1.807, 2.05) is 13.8 Å². The van der Waals surface area contributed by atoms with Crippen LogP contribution in [0.3, 0.4) is 0 Å². The number of hydrogen-bond donors (Lipinski definition) is 2. The minimum atomic E-state index is -0.831. The molecule has 80 valence electrons. The molecule has 4 heteroatoms. The van der Waals surface area contributed by atoms with Crippen LogP contribution in [-0.2, 0) is 4.79 Å². The fraction of sp³-hybridized carbons (Fsp3) is 0.800. The number of rotatable bonds is 7. The molecule has 0 radical (unpaired) electrons. The smallest absolute Gasteiger partial charge is 0.317 e. The lowest BCUT2D eigenvalue weighted by Gasteiger charge is -2.14. The summed E-state index contributed by atoms with van der Waals surface area (Å²) in [7, 11) is 0. The van der Waals surface area contributed by atoms with E-state index in [4.69, 9.17) is 10.4 Å². The molecule has 0 atom stereocenters. The maximum atomic E-state index is 10.1. The lowest BCUT2D eigenvalue weighted by Crippen LogP contribution is -2.23. The number of carboxylic acids is 1. The predicted molar refractivity (Wildman–Crippen MR) is 53.8 cm³/mol. The molecule has 0 unspecified atom stereocenters. The Morgan fingerprint density at radius 2 is 2.14 bits per heavy atom. The van der Waals surface area contributed by atoms with Crippen molar-refractivity contribution >= 4 is 5.97 Å². The van der Waals surface area contributed by atoms with Gasteiger partial charge in [-0.15, -0.1) is 0 Å². The summed E-state index contributed by atoms with van der Waals surface area (Å²) >= 11 is 0. The highest BCUT2D eigenvalue weighted by Gasteiger charge is 2.15. The summed E-state index contributed by atoms with van der Waals surface area (Å²) in [4.78, 5) is 10.1. The van der Waals surface area contributed by atoms with E-state index in [9.17, 15) is 4.79 Å². The van der Waals surface area contributed by atoms with Gasteiger partial charge in [-0.05, 0) is 33.2 Å². The average Bonchev–Trinajstić information content (AvgIpc) is 2.10. The van der Waals surface area contributed by atoms with Crippen LogP contribution in [0.4, 0.5) is 0 Å². The molecule has 0 aromatic carbocycles. The molecular formula is C10H18N2O2. The minimum Gasteiger partial charge on any atom is -0.480 e. The Kier molecular flexibility index (Phi) is 5.89. The summed E-state index contributed by atoms with van der Waals surface area (Å²) in [6, 6.07) is 2.24. The number of hydrogen-bond acceptors (Lipinski definition) is 3. The van der Waals surface area contributed by atoms with Gasteiger partial charge >= 0.3 is 5.97 Å². The summed E-state index contributed by atoms with van der Waals surface area (Å²) in [5.41, 5.74) is -0.257. The Morgan fingerprint density at radius 3 is 2.64 bits per heavy atom. The highest BCUT2D eigenvalue weighted by molar-refractivity contribution is 5.68. The standard InChI is InChI=1S/C10H18N2O2/c1-10(2,8-11)5-3-4-6-12-7-9(13)14/h12H,3-7H2,1-2H3,(H,13,14). The van der Waals surface area contributed by atoms with Crippen molar-refractivity contribution in [1.29, 1.82) is 5.26 Å². The molecule has 2 N–H and O–H groups in total. The van der Waals surface area contributed by atoms with E-state index >= 15 is 0 Å². The molecule has 0 saturated heterocycles. The molecule has 0 aromatic rings. The van der Waals surface area contributed by atoms with Gasteiger partial charge in [0.2, 0.25) is 0 Å². The van der Waals surface area contributed by atoms with Crippen molar-refractivity contribution in [1.82, 2.24) is 5.32 Å². The van der Waals surface area contributed by atoms with Gasteiger partial charge in [-0.3, -0.25) is 4.79 Å². The van der Waals surface area contributed by atoms with Crippen LogP contribution in [0.5, 0.6) is 0 Å². The van der Waals surface area contributed by atoms with Crippen LogP contribution >= 0.6 is 0 Å². The minimum absolute atomic E-state index is 0.0155. The van der Waals surface area contributed by atoms with Crippen LogP contribution in [0.2, 0.25) is 0 Å². The Bertz CT molecular complexity index is 219. The van der Waals surface area contributed by atoms with E-state index < -0.39 is 5.97 Å². The van der Waals surface area contributed by atoms with Gasteiger partial charge in [0.1, 0.15) is 0 Å². The second kappa shape index (κ2) is 6.39. The number of aliphatic carboxylic acids is 1. The zero-order chi connectivity index (χ0) is 11.0. The zero-order valence-electron chi connectivity index (χ0n) is 8.84. The molecule has 0 fully saturated rings. The predicted octanol–water partition coefficient (Wildman–Crippen LogP) is 1.38. The number of unbranched alkanes of at least 4 members (excludes halogenated alkanes) is 1. The number of nitrogens with zero attached hydrogens (tertiary/aromatic N) is 1. The van der Waals surface area contributed by atoms with Crippen LogP contribution in [-0.4, -0.2) is 24.2 Å². The molecule has 0 aliphatic carbocycles. The Hall–Kier alpha value is -1.08. The zero-order valence-corrected chi connectivity index (χ0v) is 8.84. The van der Waals surface area contributed by atoms with E-state index in [0.29, 0.717) is 6.54 Å². The van der Waals surface area contributed by atoms with Crippen LogP contribution < -0.4 is 5.32 Å². The molecule has 0 bridgehead atoms. The van der Waals surface area contributed by atoms with Crippen molar-refractivity contribution in [3.05, 3.63) is 0 Å². The lowest BCUT2D eigenvalue weighted by atomic mass is 9.89. The first-order valence-electron chi connectivity index (χ1n) is 4.82. The quantitative estimate of drug-likeness (QED) is 0.606. The monoisotopic (exact) mass is 198 g/mol. The molecular weight excluding hydrogens is 180 g/mol. The van der Waals surface area contributed by atoms with Crippen LogP contribution in [0, 0.1) is 16.7 Å². The third-order valence-corrected chi connectivity index (χ3v) is 1.98. The van der Waals surface area contributed by atoms with Gasteiger partial charge in [0, 0.05) is 0 Å². The molecule has 0 aromatic heterocycles. The molecule has 14 heavy (non-hydrogen) atoms. The fourth-order valence-electron chi connectivity index (χ4n) is 1.07. The molecule has 0 heterocycles. The second-order valence-electron chi connectivity index (χ2n) is 4.02. The van der Waals surface area contributed by atoms with Gasteiger partial charge in [0.15, 0.2) is 0 Å². The molecule has 0 saturated carbocycles. The van der Waals surface area contributed by atoms with Gasteiger partial charge in [0.05, 0.1) is 18.0 Å². The number of carboxylic acid groups (broad SMARTS) is 1. The van der Waals surface area contributed by atoms with E-state index in [-0.39, 0.29) is 12.0 Å². The topological polar surface area (TPSA) is 73.1 Å². The molecule has 0 aliphatic heterocycles. The lowest BCUT2D eigenvalue weighted by molar-refractivity contribution is -0.135. The largest absolute Gasteiger partial charge is 0.480 e. The molecule has 0 amide bonds. The van der Waals surface area contributed by atoms with Crippen molar-refractivity contribution in [3.8, 4) is 6.07 Å². The van der Waals surface area contributed by atoms with Gasteiger partial charge in [0.25, 0.3) is 0 Å². The van der Waals surface area contributed by atoms with Crippen molar-refractivity contribution in [2.24, 2.45) is 5.41 Å². The van der Waals surface area contributed by atoms with Gasteiger partial charge in [-0.25, -0.2) is 0 Å². The van der Waals surface area contributed by atoms with Crippen molar-refractivity contribution in [2.45, 2.75) is 33.1 Å². The van der Waals surface area contributed by atoms with E-state index in [2.05, 4.69) is 11.4 Å². The number of carbonyl (C=O) groups is 1. The van der Waals surface area contributed by atoms with E-state index in [1.54, 1.807) is 0 Å². The molecule has 4 nitrogen and oxygen atoms in total. The van der Waals surface area contributed by atoms with Crippen molar-refractivity contribution in [3.63, 3.8) is 0 Å². The van der Waals surface area contributed by atoms with Crippen LogP contribution in [0.15, 0.2) is 0 Å². The molecule has 0 rings (SSSR count). The van der Waals surface area contributed by atoms with Crippen molar-refractivity contribution in [2.75, 3.05) is 13.1 Å². The first-order chi connectivity index (χ1) is 6.48. The first kappa shape index (κ1) is 12.9. The summed E-state index contributed by atoms with van der Waals surface area (Å²) in [5.74, 6) is -0.831. The SMILES string of the molecule is CC(C)(C#N)CCCCNCC(=O)O. The van der Waals surface area contributed by atoms with Gasteiger partial charge in [-0.1, -0.05) is 6.42 Å². The van der Waals surface area contributed by atoms with Gasteiger partial charge < -0.3 is 10.4 Å². The third kappa shape index (κ3) is 7.56. The van der Waals surface area contributed by atoms with Crippen LogP contribution in [0.25, 0.3) is 0 Å².